The fraction of sp³-hybridized carbons (Fsp3) is 0.304. The highest BCUT2D eigenvalue weighted by molar-refractivity contribution is 6.06. The van der Waals surface area contributed by atoms with E-state index in [9.17, 15) is 14.4 Å². The van der Waals surface area contributed by atoms with Gasteiger partial charge in [0, 0.05) is 24.7 Å². The maximum absolute atomic E-state index is 13.0. The number of halogens is 1. The van der Waals surface area contributed by atoms with Crippen molar-refractivity contribution < 1.29 is 9.18 Å². The van der Waals surface area contributed by atoms with Crippen molar-refractivity contribution in [3.05, 3.63) is 71.2 Å². The molecule has 0 unspecified atom stereocenters. The summed E-state index contributed by atoms with van der Waals surface area (Å²) in [6, 6.07) is 14.4. The third-order valence-corrected chi connectivity index (χ3v) is 5.72. The lowest BCUT2D eigenvalue weighted by Gasteiger charge is -2.32. The first-order valence-electron chi connectivity index (χ1n) is 9.69. The lowest BCUT2D eigenvalue weighted by atomic mass is 9.90. The van der Waals surface area contributed by atoms with E-state index in [0.29, 0.717) is 17.0 Å². The summed E-state index contributed by atoms with van der Waals surface area (Å²) in [5, 5.41) is 9.99. The number of likely N-dealkylation sites (tertiary alicyclic amines) is 1. The Hall–Kier alpha value is -3.13. The topological polar surface area (TPSA) is 59.9 Å². The molecule has 0 bridgehead atoms. The van der Waals surface area contributed by atoms with Gasteiger partial charge < -0.3 is 9.88 Å². The zero-order valence-electron chi connectivity index (χ0n) is 15.6. The minimum atomic E-state index is -0.199. The molecule has 1 aliphatic rings. The van der Waals surface area contributed by atoms with Gasteiger partial charge >= 0.3 is 0 Å². The fourth-order valence-electron chi connectivity index (χ4n) is 4.04. The second kappa shape index (κ2) is 7.85. The number of carbonyl (C=O) groups excluding carboxylic acids is 1. The largest absolute Gasteiger partial charge is 0.359 e. The number of hydrogen-bond donors (Lipinski definition) is 1. The second-order valence-electron chi connectivity index (χ2n) is 7.44. The fourth-order valence-corrected chi connectivity index (χ4v) is 4.04. The lowest BCUT2D eigenvalue weighted by molar-refractivity contribution is 0.0688. The van der Waals surface area contributed by atoms with Crippen LogP contribution in [0.1, 0.15) is 40.7 Å². The second-order valence-corrected chi connectivity index (χ2v) is 7.44. The van der Waals surface area contributed by atoms with Crippen molar-refractivity contribution in [2.45, 2.75) is 25.7 Å². The Balaban J connectivity index is 1.37. The van der Waals surface area contributed by atoms with Gasteiger partial charge in [0.1, 0.15) is 11.9 Å². The summed E-state index contributed by atoms with van der Waals surface area (Å²) in [6.07, 6.45) is 5.63. The van der Waals surface area contributed by atoms with Gasteiger partial charge in [-0.2, -0.15) is 5.26 Å². The van der Waals surface area contributed by atoms with Crippen LogP contribution in [0.25, 0.3) is 10.9 Å². The molecule has 1 saturated heterocycles. The number of rotatable bonds is 4. The highest BCUT2D eigenvalue weighted by Gasteiger charge is 2.25. The van der Waals surface area contributed by atoms with E-state index >= 15 is 0 Å². The van der Waals surface area contributed by atoms with E-state index in [-0.39, 0.29) is 11.7 Å². The smallest absolute Gasteiger partial charge is 0.255 e. The van der Waals surface area contributed by atoms with Crippen LogP contribution in [0, 0.1) is 23.1 Å². The number of aromatic nitrogens is 1. The molecule has 1 fully saturated rings. The standard InChI is InChI=1S/C23H22FN3O/c24-19-8-6-16(7-9-19)4-5-17-10-12-27(13-11-17)23(28)21-3-1-2-20-18(14-25)15-26-22(20)21/h1-3,6-9,15,17,26H,4-5,10-13H2. The van der Waals surface area contributed by atoms with Gasteiger partial charge in [-0.25, -0.2) is 4.39 Å². The zero-order valence-corrected chi connectivity index (χ0v) is 15.6. The number of aromatic amines is 1. The number of benzene rings is 2. The first-order valence-corrected chi connectivity index (χ1v) is 9.69. The number of H-pyrrole nitrogens is 1. The molecule has 3 aromatic rings. The molecule has 0 aliphatic carbocycles. The van der Waals surface area contributed by atoms with Gasteiger partial charge in [-0.15, -0.1) is 0 Å². The van der Waals surface area contributed by atoms with E-state index in [1.54, 1.807) is 6.20 Å². The predicted molar refractivity (Wildman–Crippen MR) is 106 cm³/mol. The molecule has 5 heteroatoms. The number of hydrogen-bond acceptors (Lipinski definition) is 2. The van der Waals surface area contributed by atoms with Crippen LogP contribution >= 0.6 is 0 Å². The average Bonchev–Trinajstić information content (AvgIpc) is 3.16. The zero-order chi connectivity index (χ0) is 19.5. The first-order chi connectivity index (χ1) is 13.7. The van der Waals surface area contributed by atoms with E-state index < -0.39 is 0 Å². The molecule has 28 heavy (non-hydrogen) atoms. The molecule has 1 amide bonds. The molecule has 2 heterocycles. The van der Waals surface area contributed by atoms with Crippen LogP contribution in [0.4, 0.5) is 4.39 Å². The quantitative estimate of drug-likeness (QED) is 0.721. The number of para-hydroxylation sites is 1. The Morgan fingerprint density at radius 3 is 2.64 bits per heavy atom. The molecule has 0 atom stereocenters. The first kappa shape index (κ1) is 18.2. The number of fused-ring (bicyclic) bond motifs is 1. The molecule has 1 aromatic heterocycles. The molecule has 0 saturated carbocycles. The third kappa shape index (κ3) is 3.63. The van der Waals surface area contributed by atoms with Gasteiger partial charge in [0.15, 0.2) is 0 Å². The molecule has 4 rings (SSSR count). The van der Waals surface area contributed by atoms with Gasteiger partial charge in [0.25, 0.3) is 5.91 Å². The number of amides is 1. The van der Waals surface area contributed by atoms with Gasteiger partial charge in [-0.05, 0) is 55.4 Å². The van der Waals surface area contributed by atoms with Crippen molar-refractivity contribution in [1.82, 2.24) is 9.88 Å². The maximum Gasteiger partial charge on any atom is 0.255 e. The van der Waals surface area contributed by atoms with E-state index in [2.05, 4.69) is 11.1 Å². The molecule has 4 nitrogen and oxygen atoms in total. The van der Waals surface area contributed by atoms with Crippen molar-refractivity contribution >= 4 is 16.8 Å². The Kier molecular flexibility index (Phi) is 5.12. The van der Waals surface area contributed by atoms with Gasteiger partial charge in [0.05, 0.1) is 16.6 Å². The highest BCUT2D eigenvalue weighted by Crippen LogP contribution is 2.26. The molecule has 1 N–H and O–H groups in total. The lowest BCUT2D eigenvalue weighted by Crippen LogP contribution is -2.38. The van der Waals surface area contributed by atoms with Crippen LogP contribution in [0.2, 0.25) is 0 Å². The van der Waals surface area contributed by atoms with Crippen LogP contribution in [0.15, 0.2) is 48.7 Å². The Morgan fingerprint density at radius 2 is 1.93 bits per heavy atom. The molecular formula is C23H22FN3O. The van der Waals surface area contributed by atoms with Crippen LogP contribution in [0.5, 0.6) is 0 Å². The number of carbonyl (C=O) groups is 1. The van der Waals surface area contributed by atoms with E-state index in [1.165, 1.54) is 12.1 Å². The molecule has 142 valence electrons. The van der Waals surface area contributed by atoms with Crippen LogP contribution in [0.3, 0.4) is 0 Å². The normalized spacial score (nSPS) is 14.9. The molecule has 0 radical (unpaired) electrons. The average molecular weight is 375 g/mol. The summed E-state index contributed by atoms with van der Waals surface area (Å²) in [5.74, 6) is 0.407. The summed E-state index contributed by atoms with van der Waals surface area (Å²) in [6.45, 7) is 1.49. The molecule has 0 spiro atoms. The third-order valence-electron chi connectivity index (χ3n) is 5.72. The maximum atomic E-state index is 13.0. The number of aryl methyl sites for hydroxylation is 1. The SMILES string of the molecule is N#Cc1c[nH]c2c(C(=O)N3CCC(CCc4ccc(F)cc4)CC3)cccc12. The summed E-state index contributed by atoms with van der Waals surface area (Å²) in [5.41, 5.74) is 3.09. The van der Waals surface area contributed by atoms with Crippen LogP contribution < -0.4 is 0 Å². The summed E-state index contributed by atoms with van der Waals surface area (Å²) >= 11 is 0. The summed E-state index contributed by atoms with van der Waals surface area (Å²) in [7, 11) is 0. The number of nitrogens with zero attached hydrogens (tertiary/aromatic N) is 2. The van der Waals surface area contributed by atoms with Gasteiger partial charge in [-0.1, -0.05) is 24.3 Å². The van der Waals surface area contributed by atoms with E-state index in [1.807, 2.05) is 35.2 Å². The van der Waals surface area contributed by atoms with Crippen molar-refractivity contribution in [3.8, 4) is 6.07 Å². The van der Waals surface area contributed by atoms with Crippen LogP contribution in [-0.2, 0) is 6.42 Å². The van der Waals surface area contributed by atoms with Crippen molar-refractivity contribution in [2.24, 2.45) is 5.92 Å². The summed E-state index contributed by atoms with van der Waals surface area (Å²) in [4.78, 5) is 18.0. The monoisotopic (exact) mass is 375 g/mol. The number of nitriles is 1. The molecule has 2 aromatic carbocycles. The van der Waals surface area contributed by atoms with Gasteiger partial charge in [0.2, 0.25) is 0 Å². The number of piperidine rings is 1. The molecule has 1 aliphatic heterocycles. The highest BCUT2D eigenvalue weighted by atomic mass is 19.1. The summed E-state index contributed by atoms with van der Waals surface area (Å²) < 4.78 is 13.0. The van der Waals surface area contributed by atoms with Crippen molar-refractivity contribution in [3.63, 3.8) is 0 Å². The van der Waals surface area contributed by atoms with Crippen molar-refractivity contribution in [2.75, 3.05) is 13.1 Å². The minimum absolute atomic E-state index is 0.0222. The molecular weight excluding hydrogens is 353 g/mol. The Labute approximate surface area is 163 Å². The van der Waals surface area contributed by atoms with E-state index in [0.717, 1.165) is 55.2 Å². The Bertz CT molecular complexity index is 1020. The van der Waals surface area contributed by atoms with Crippen molar-refractivity contribution in [1.29, 1.82) is 5.26 Å². The Morgan fingerprint density at radius 1 is 1.18 bits per heavy atom. The minimum Gasteiger partial charge on any atom is -0.359 e. The number of nitrogens with one attached hydrogen (secondary N) is 1. The predicted octanol–water partition coefficient (Wildman–Crippen LogP) is 4.66. The van der Waals surface area contributed by atoms with Gasteiger partial charge in [-0.3, -0.25) is 4.79 Å². The van der Waals surface area contributed by atoms with E-state index in [4.69, 9.17) is 0 Å². The van der Waals surface area contributed by atoms with Crippen LogP contribution in [-0.4, -0.2) is 28.9 Å².